The van der Waals surface area contributed by atoms with E-state index in [0.717, 1.165) is 25.7 Å². The van der Waals surface area contributed by atoms with Crippen LogP contribution >= 0.6 is 0 Å². The van der Waals surface area contributed by atoms with Gasteiger partial charge in [-0.05, 0) is 12.8 Å². The fraction of sp³-hybridized carbons (Fsp3) is 0.500. The van der Waals surface area contributed by atoms with Gasteiger partial charge in [-0.3, -0.25) is 4.79 Å². The second-order valence-electron chi connectivity index (χ2n) is 3.33. The molecule has 0 aromatic carbocycles. The third-order valence-electron chi connectivity index (χ3n) is 2.07. The van der Waals surface area contributed by atoms with E-state index < -0.39 is 17.9 Å². The van der Waals surface area contributed by atoms with Crippen molar-refractivity contribution in [3.63, 3.8) is 0 Å². The second kappa shape index (κ2) is 7.44. The molecule has 0 aliphatic heterocycles. The quantitative estimate of drug-likeness (QED) is 0.623. The highest BCUT2D eigenvalue weighted by Crippen LogP contribution is 2.24. The molecule has 0 bridgehead atoms. The molecule has 3 N–H and O–H groups in total. The van der Waals surface area contributed by atoms with Crippen molar-refractivity contribution in [2.24, 2.45) is 5.92 Å². The summed E-state index contributed by atoms with van der Waals surface area (Å²) < 4.78 is 0. The van der Waals surface area contributed by atoms with Gasteiger partial charge < -0.3 is 15.3 Å². The topological polar surface area (TPSA) is 112 Å². The van der Waals surface area contributed by atoms with E-state index in [1.54, 1.807) is 0 Å². The zero-order valence-electron chi connectivity index (χ0n) is 8.63. The van der Waals surface area contributed by atoms with Gasteiger partial charge in [-0.25, -0.2) is 9.59 Å². The molecule has 0 saturated heterocycles. The third kappa shape index (κ3) is 7.54. The van der Waals surface area contributed by atoms with Gasteiger partial charge in [0.15, 0.2) is 0 Å². The largest absolute Gasteiger partial charge is 0.481 e. The van der Waals surface area contributed by atoms with Gasteiger partial charge >= 0.3 is 17.9 Å². The van der Waals surface area contributed by atoms with Gasteiger partial charge in [-0.1, -0.05) is 12.8 Å². The van der Waals surface area contributed by atoms with Crippen LogP contribution in [0.5, 0.6) is 0 Å². The lowest BCUT2D eigenvalue weighted by Crippen LogP contribution is -2.07. The summed E-state index contributed by atoms with van der Waals surface area (Å²) in [4.78, 5) is 29.3. The molecule has 1 aliphatic rings. The highest BCUT2D eigenvalue weighted by atomic mass is 16.4. The fourth-order valence-corrected chi connectivity index (χ4v) is 1.32. The first-order valence-corrected chi connectivity index (χ1v) is 4.80. The molecule has 0 spiro atoms. The van der Waals surface area contributed by atoms with Gasteiger partial charge in [0.05, 0.1) is 5.92 Å². The first kappa shape index (κ1) is 14.2. The number of rotatable bonds is 3. The Bertz CT molecular complexity index is 272. The van der Waals surface area contributed by atoms with Crippen LogP contribution in [0.1, 0.15) is 25.7 Å². The number of carboxylic acids is 3. The number of aliphatic carboxylic acids is 3. The van der Waals surface area contributed by atoms with Crippen molar-refractivity contribution in [3.8, 4) is 0 Å². The fourth-order valence-electron chi connectivity index (χ4n) is 1.32. The van der Waals surface area contributed by atoms with Crippen LogP contribution in [0.2, 0.25) is 0 Å². The molecule has 1 saturated carbocycles. The average Bonchev–Trinajstić information content (AvgIpc) is 2.68. The first-order valence-electron chi connectivity index (χ1n) is 4.80. The predicted octanol–water partition coefficient (Wildman–Crippen LogP) is 0.973. The minimum absolute atomic E-state index is 0.0185. The number of hydrogen-bond acceptors (Lipinski definition) is 3. The van der Waals surface area contributed by atoms with Gasteiger partial charge in [0.2, 0.25) is 0 Å². The van der Waals surface area contributed by atoms with Crippen molar-refractivity contribution >= 4 is 17.9 Å². The van der Waals surface area contributed by atoms with E-state index in [0.29, 0.717) is 12.2 Å². The Balaban J connectivity index is 0.000000281. The van der Waals surface area contributed by atoms with Crippen LogP contribution < -0.4 is 0 Å². The van der Waals surface area contributed by atoms with E-state index in [9.17, 15) is 14.4 Å². The van der Waals surface area contributed by atoms with Gasteiger partial charge in [0.25, 0.3) is 0 Å². The molecular weight excluding hydrogens is 216 g/mol. The molecule has 90 valence electrons. The molecule has 16 heavy (non-hydrogen) atoms. The summed E-state index contributed by atoms with van der Waals surface area (Å²) in [6.07, 6.45) is 5.13. The number of carbonyl (C=O) groups is 3. The first-order chi connectivity index (χ1) is 7.43. The Morgan fingerprint density at radius 1 is 0.875 bits per heavy atom. The molecule has 0 heterocycles. The van der Waals surface area contributed by atoms with Crippen LogP contribution in [0.15, 0.2) is 12.2 Å². The average molecular weight is 230 g/mol. The Morgan fingerprint density at radius 3 is 1.44 bits per heavy atom. The zero-order chi connectivity index (χ0) is 12.6. The molecule has 0 aromatic rings. The molecule has 6 heteroatoms. The van der Waals surface area contributed by atoms with E-state index in [4.69, 9.17) is 15.3 Å². The van der Waals surface area contributed by atoms with Crippen molar-refractivity contribution < 1.29 is 29.7 Å². The standard InChI is InChI=1S/C6H10O2.C4H4O4/c7-6(8)5-3-1-2-4-5;5-3(6)1-2-4(7)8/h5H,1-4H2,(H,7,8);1-2H,(H,5,6)(H,7,8)/b;2-1+. The van der Waals surface area contributed by atoms with Gasteiger partial charge in [-0.2, -0.15) is 0 Å². The van der Waals surface area contributed by atoms with Gasteiger partial charge in [-0.15, -0.1) is 0 Å². The summed E-state index contributed by atoms with van der Waals surface area (Å²) in [5.74, 6) is -3.14. The maximum absolute atomic E-state index is 10.2. The molecular formula is C10H14O6. The summed E-state index contributed by atoms with van der Waals surface area (Å²) in [5.41, 5.74) is 0. The van der Waals surface area contributed by atoms with Crippen molar-refractivity contribution in [3.05, 3.63) is 12.2 Å². The third-order valence-corrected chi connectivity index (χ3v) is 2.07. The molecule has 0 unspecified atom stereocenters. The predicted molar refractivity (Wildman–Crippen MR) is 54.0 cm³/mol. The van der Waals surface area contributed by atoms with Crippen LogP contribution in [0.3, 0.4) is 0 Å². The molecule has 6 nitrogen and oxygen atoms in total. The normalized spacial score (nSPS) is 15.5. The molecule has 0 aromatic heterocycles. The Kier molecular flexibility index (Phi) is 6.58. The van der Waals surface area contributed by atoms with Crippen LogP contribution in [-0.4, -0.2) is 33.2 Å². The molecule has 0 atom stereocenters. The number of carboxylic acid groups (broad SMARTS) is 3. The summed E-state index contributed by atoms with van der Waals surface area (Å²) in [5, 5.41) is 24.0. The maximum Gasteiger partial charge on any atom is 0.328 e. The molecule has 1 rings (SSSR count). The number of hydrogen-bond donors (Lipinski definition) is 3. The van der Waals surface area contributed by atoms with Crippen molar-refractivity contribution in [2.75, 3.05) is 0 Å². The van der Waals surface area contributed by atoms with E-state index in [1.807, 2.05) is 0 Å². The highest BCUT2D eigenvalue weighted by Gasteiger charge is 2.20. The van der Waals surface area contributed by atoms with Crippen LogP contribution in [-0.2, 0) is 14.4 Å². The molecule has 0 radical (unpaired) electrons. The lowest BCUT2D eigenvalue weighted by atomic mass is 10.1. The van der Waals surface area contributed by atoms with Crippen molar-refractivity contribution in [1.29, 1.82) is 0 Å². The van der Waals surface area contributed by atoms with E-state index in [2.05, 4.69) is 0 Å². The second-order valence-corrected chi connectivity index (χ2v) is 3.33. The monoisotopic (exact) mass is 230 g/mol. The summed E-state index contributed by atoms with van der Waals surface area (Å²) in [6, 6.07) is 0. The van der Waals surface area contributed by atoms with Crippen molar-refractivity contribution in [2.45, 2.75) is 25.7 Å². The smallest absolute Gasteiger partial charge is 0.328 e. The van der Waals surface area contributed by atoms with Crippen molar-refractivity contribution in [1.82, 2.24) is 0 Å². The van der Waals surface area contributed by atoms with E-state index in [-0.39, 0.29) is 5.92 Å². The lowest BCUT2D eigenvalue weighted by Gasteiger charge is -1.97. The lowest BCUT2D eigenvalue weighted by molar-refractivity contribution is -0.141. The van der Waals surface area contributed by atoms with Crippen LogP contribution in [0.4, 0.5) is 0 Å². The molecule has 0 amide bonds. The van der Waals surface area contributed by atoms with Crippen LogP contribution in [0, 0.1) is 5.92 Å². The summed E-state index contributed by atoms with van der Waals surface area (Å²) in [7, 11) is 0. The Morgan fingerprint density at radius 2 is 1.25 bits per heavy atom. The summed E-state index contributed by atoms with van der Waals surface area (Å²) >= 11 is 0. The Hall–Kier alpha value is -1.85. The maximum atomic E-state index is 10.2. The van der Waals surface area contributed by atoms with E-state index >= 15 is 0 Å². The molecule has 1 aliphatic carbocycles. The SMILES string of the molecule is O=C(O)/C=C/C(=O)O.O=C(O)C1CCCC1. The van der Waals surface area contributed by atoms with Gasteiger partial charge in [0.1, 0.15) is 0 Å². The zero-order valence-corrected chi connectivity index (χ0v) is 8.63. The highest BCUT2D eigenvalue weighted by molar-refractivity contribution is 5.89. The minimum atomic E-state index is -1.26. The summed E-state index contributed by atoms with van der Waals surface area (Å²) in [6.45, 7) is 0. The van der Waals surface area contributed by atoms with E-state index in [1.165, 1.54) is 0 Å². The minimum Gasteiger partial charge on any atom is -0.481 e. The molecule has 1 fully saturated rings. The van der Waals surface area contributed by atoms with Gasteiger partial charge in [0, 0.05) is 12.2 Å². The van der Waals surface area contributed by atoms with Crippen LogP contribution in [0.25, 0.3) is 0 Å². The Labute approximate surface area is 92.2 Å².